The maximum absolute atomic E-state index is 12.1. The Kier molecular flexibility index (Phi) is 12.5. The molecule has 0 aliphatic carbocycles. The van der Waals surface area contributed by atoms with E-state index in [0.29, 0.717) is 18.8 Å². The molecule has 0 aromatic heterocycles. The monoisotopic (exact) mass is 574 g/mol. The predicted molar refractivity (Wildman–Crippen MR) is 171 cm³/mol. The van der Waals surface area contributed by atoms with E-state index in [1.165, 1.54) is 7.11 Å². The first-order chi connectivity index (χ1) is 19.6. The number of benzene rings is 2. The molecule has 0 fully saturated rings. The lowest BCUT2D eigenvalue weighted by atomic mass is 9.73. The SMILES string of the molecule is [B]C(C)(C)C(=O)Oc1ccc(/C=C/C(C)(C)c2cc(OCCCCCC(=O)OC)c(/C=C/C(C)(C)C)cc2OC)cc1. The molecule has 0 atom stereocenters. The Hall–Kier alpha value is -3.48. The summed E-state index contributed by atoms with van der Waals surface area (Å²) in [7, 11) is 8.92. The van der Waals surface area contributed by atoms with Crippen molar-refractivity contribution in [2.24, 2.45) is 5.41 Å². The van der Waals surface area contributed by atoms with Crippen molar-refractivity contribution in [1.29, 1.82) is 0 Å². The van der Waals surface area contributed by atoms with Crippen LogP contribution in [0.5, 0.6) is 17.2 Å². The van der Waals surface area contributed by atoms with Crippen molar-refractivity contribution in [3.05, 3.63) is 65.2 Å². The quantitative estimate of drug-likeness (QED) is 0.0982. The van der Waals surface area contributed by atoms with Gasteiger partial charge in [-0.25, -0.2) is 0 Å². The van der Waals surface area contributed by atoms with E-state index in [2.05, 4.69) is 58.9 Å². The molecule has 0 aliphatic heterocycles. The number of rotatable bonds is 14. The van der Waals surface area contributed by atoms with Crippen molar-refractivity contribution >= 4 is 31.9 Å². The largest absolute Gasteiger partial charge is 0.496 e. The highest BCUT2D eigenvalue weighted by atomic mass is 16.5. The first kappa shape index (κ1) is 34.7. The van der Waals surface area contributed by atoms with E-state index in [9.17, 15) is 9.59 Å². The van der Waals surface area contributed by atoms with Gasteiger partial charge in [-0.05, 0) is 54.5 Å². The number of hydrogen-bond acceptors (Lipinski definition) is 6. The number of esters is 2. The van der Waals surface area contributed by atoms with Crippen LogP contribution in [0.3, 0.4) is 0 Å². The minimum absolute atomic E-state index is 0.00741. The second-order valence-corrected chi connectivity index (χ2v) is 12.8. The molecule has 6 nitrogen and oxygen atoms in total. The van der Waals surface area contributed by atoms with Crippen LogP contribution >= 0.6 is 0 Å². The summed E-state index contributed by atoms with van der Waals surface area (Å²) in [5, 5.41) is -1.06. The van der Waals surface area contributed by atoms with E-state index in [1.807, 2.05) is 24.3 Å². The van der Waals surface area contributed by atoms with Crippen molar-refractivity contribution in [2.75, 3.05) is 20.8 Å². The molecular formula is C35H47BO6. The van der Waals surface area contributed by atoms with E-state index in [1.54, 1.807) is 33.1 Å². The predicted octanol–water partition coefficient (Wildman–Crippen LogP) is 8.13. The molecular weight excluding hydrogens is 527 g/mol. The maximum Gasteiger partial charge on any atom is 0.307 e. The fourth-order valence-corrected chi connectivity index (χ4v) is 3.96. The van der Waals surface area contributed by atoms with E-state index in [4.69, 9.17) is 26.8 Å². The van der Waals surface area contributed by atoms with E-state index in [0.717, 1.165) is 47.5 Å². The fraction of sp³-hybridized carbons (Fsp3) is 0.486. The number of carbonyl (C=O) groups is 2. The summed E-state index contributed by atoms with van der Waals surface area (Å²) in [5.74, 6) is 1.34. The van der Waals surface area contributed by atoms with E-state index < -0.39 is 16.7 Å². The third-order valence-electron chi connectivity index (χ3n) is 6.61. The van der Waals surface area contributed by atoms with Crippen LogP contribution in [-0.4, -0.2) is 40.6 Å². The van der Waals surface area contributed by atoms with Crippen molar-refractivity contribution in [2.45, 2.75) is 84.9 Å². The van der Waals surface area contributed by atoms with Crippen LogP contribution in [0.1, 0.15) is 90.8 Å². The average Bonchev–Trinajstić information content (AvgIpc) is 2.92. The Labute approximate surface area is 253 Å². The highest BCUT2D eigenvalue weighted by Crippen LogP contribution is 2.39. The van der Waals surface area contributed by atoms with E-state index in [-0.39, 0.29) is 11.4 Å². The maximum atomic E-state index is 12.1. The van der Waals surface area contributed by atoms with Gasteiger partial charge in [-0.1, -0.05) is 84.9 Å². The molecule has 0 saturated carbocycles. The molecule has 7 heteroatoms. The van der Waals surface area contributed by atoms with Gasteiger partial charge in [0.2, 0.25) is 0 Å². The molecule has 0 amide bonds. The smallest absolute Gasteiger partial charge is 0.307 e. The normalized spacial score (nSPS) is 12.5. The zero-order valence-corrected chi connectivity index (χ0v) is 26.8. The van der Waals surface area contributed by atoms with E-state index >= 15 is 0 Å². The molecule has 0 saturated heterocycles. The van der Waals surface area contributed by atoms with Gasteiger partial charge in [0.1, 0.15) is 17.2 Å². The van der Waals surface area contributed by atoms with Crippen molar-refractivity contribution in [3.8, 4) is 17.2 Å². The van der Waals surface area contributed by atoms with Gasteiger partial charge in [-0.15, -0.1) is 0 Å². The van der Waals surface area contributed by atoms with Crippen LogP contribution in [-0.2, 0) is 19.7 Å². The number of ether oxygens (including phenoxy) is 4. The Morgan fingerprint density at radius 3 is 2.07 bits per heavy atom. The Morgan fingerprint density at radius 2 is 1.50 bits per heavy atom. The molecule has 42 heavy (non-hydrogen) atoms. The van der Waals surface area contributed by atoms with Crippen LogP contribution in [0, 0.1) is 5.41 Å². The van der Waals surface area contributed by atoms with Crippen molar-refractivity contribution in [3.63, 3.8) is 0 Å². The highest BCUT2D eigenvalue weighted by Gasteiger charge is 2.25. The molecule has 226 valence electrons. The molecule has 0 N–H and O–H groups in total. The molecule has 0 unspecified atom stereocenters. The lowest BCUT2D eigenvalue weighted by Gasteiger charge is -2.26. The average molecular weight is 575 g/mol. The van der Waals surface area contributed by atoms with Crippen LogP contribution in [0.25, 0.3) is 12.2 Å². The topological polar surface area (TPSA) is 71.1 Å². The standard InChI is InChI=1S/C35H47BO6/c1-33(2,3)20-19-26-23-30(39-8)28(24-29(26)41-22-12-10-11-13-31(37)40-9)34(4,5)21-18-25-14-16-27(17-15-25)42-32(38)35(6,7)36/h14-21,23-24H,10-13,22H2,1-9H3/b20-19+,21-18+. The van der Waals surface area contributed by atoms with Gasteiger partial charge in [-0.2, -0.15) is 0 Å². The van der Waals surface area contributed by atoms with Gasteiger partial charge in [-0.3, -0.25) is 9.59 Å². The van der Waals surface area contributed by atoms with Gasteiger partial charge in [0, 0.05) is 28.3 Å². The molecule has 2 rings (SSSR count). The first-order valence-electron chi connectivity index (χ1n) is 14.5. The lowest BCUT2D eigenvalue weighted by molar-refractivity contribution is -0.140. The third-order valence-corrected chi connectivity index (χ3v) is 6.61. The first-order valence-corrected chi connectivity index (χ1v) is 14.5. The molecule has 0 spiro atoms. The lowest BCUT2D eigenvalue weighted by Crippen LogP contribution is -2.22. The van der Waals surface area contributed by atoms with Crippen molar-refractivity contribution < 1.29 is 28.5 Å². The van der Waals surface area contributed by atoms with Crippen molar-refractivity contribution in [1.82, 2.24) is 0 Å². The summed E-state index contributed by atoms with van der Waals surface area (Å²) in [6, 6.07) is 11.4. The summed E-state index contributed by atoms with van der Waals surface area (Å²) in [6.45, 7) is 14.5. The third kappa shape index (κ3) is 11.4. The Morgan fingerprint density at radius 1 is 0.833 bits per heavy atom. The number of hydrogen-bond donors (Lipinski definition) is 0. The summed E-state index contributed by atoms with van der Waals surface area (Å²) in [4.78, 5) is 23.5. The molecule has 0 aliphatic rings. The molecule has 2 aromatic rings. The zero-order valence-electron chi connectivity index (χ0n) is 26.8. The number of methoxy groups -OCH3 is 2. The Balaban J connectivity index is 2.29. The van der Waals surface area contributed by atoms with Crippen LogP contribution in [0.2, 0.25) is 5.31 Å². The van der Waals surface area contributed by atoms with Gasteiger partial charge < -0.3 is 18.9 Å². The summed E-state index contributed by atoms with van der Waals surface area (Å²) in [5.41, 5.74) is 2.51. The minimum Gasteiger partial charge on any atom is -0.496 e. The molecule has 0 bridgehead atoms. The van der Waals surface area contributed by atoms with Crippen LogP contribution in [0.15, 0.2) is 48.6 Å². The zero-order chi connectivity index (χ0) is 31.6. The molecule has 2 aromatic carbocycles. The van der Waals surface area contributed by atoms with Crippen LogP contribution in [0.4, 0.5) is 0 Å². The van der Waals surface area contributed by atoms with Gasteiger partial charge in [0.25, 0.3) is 0 Å². The fourth-order valence-electron chi connectivity index (χ4n) is 3.96. The van der Waals surface area contributed by atoms with Gasteiger partial charge >= 0.3 is 11.9 Å². The van der Waals surface area contributed by atoms with Gasteiger partial charge in [0.05, 0.1) is 28.7 Å². The Bertz CT molecular complexity index is 1240. The number of carbonyl (C=O) groups excluding carboxylic acids is 2. The second kappa shape index (κ2) is 15.1. The number of unbranched alkanes of at least 4 members (excludes halogenated alkanes) is 2. The summed E-state index contributed by atoms with van der Waals surface area (Å²) >= 11 is 0. The summed E-state index contributed by atoms with van der Waals surface area (Å²) < 4.78 is 22.3. The summed E-state index contributed by atoms with van der Waals surface area (Å²) in [6.07, 6.45) is 11.3. The number of allylic oxidation sites excluding steroid dienone is 2. The highest BCUT2D eigenvalue weighted by molar-refractivity contribution is 6.26. The molecule has 0 heterocycles. The second-order valence-electron chi connectivity index (χ2n) is 12.8. The molecule has 2 radical (unpaired) electrons. The minimum atomic E-state index is -1.06. The van der Waals surface area contributed by atoms with Gasteiger partial charge in [0.15, 0.2) is 0 Å². The van der Waals surface area contributed by atoms with Crippen LogP contribution < -0.4 is 14.2 Å².